The Morgan fingerprint density at radius 3 is 2.69 bits per heavy atom. The van der Waals surface area contributed by atoms with E-state index in [0.29, 0.717) is 22.1 Å². The van der Waals surface area contributed by atoms with Gasteiger partial charge in [-0.05, 0) is 29.8 Å². The number of halogens is 1. The van der Waals surface area contributed by atoms with Crippen molar-refractivity contribution in [2.45, 2.75) is 13.2 Å². The van der Waals surface area contributed by atoms with Crippen molar-refractivity contribution in [1.29, 1.82) is 10.5 Å². The van der Waals surface area contributed by atoms with E-state index in [1.165, 1.54) is 11.8 Å². The summed E-state index contributed by atoms with van der Waals surface area (Å²) in [6, 6.07) is 16.6. The Bertz CT molecular complexity index is 1240. The Hall–Kier alpha value is -3.98. The molecule has 2 aromatic carbocycles. The normalized spacial score (nSPS) is 11.0. The Morgan fingerprint density at radius 2 is 2.03 bits per heavy atom. The maximum atomic E-state index is 9.67. The molecule has 0 bridgehead atoms. The van der Waals surface area contributed by atoms with Crippen LogP contribution < -0.4 is 15.2 Å². The van der Waals surface area contributed by atoms with E-state index >= 15 is 0 Å². The molecular weight excluding hydrogens is 430 g/mol. The molecular formula is C23H20ClN5O3. The maximum absolute atomic E-state index is 9.67. The lowest BCUT2D eigenvalue weighted by molar-refractivity contribution is 0.270. The summed E-state index contributed by atoms with van der Waals surface area (Å²) in [4.78, 5) is 0. The van der Waals surface area contributed by atoms with Crippen LogP contribution in [0.3, 0.4) is 0 Å². The van der Waals surface area contributed by atoms with Crippen molar-refractivity contribution < 1.29 is 14.6 Å². The van der Waals surface area contributed by atoms with E-state index in [1.807, 2.05) is 24.3 Å². The van der Waals surface area contributed by atoms with Gasteiger partial charge in [0.1, 0.15) is 35.8 Å². The van der Waals surface area contributed by atoms with E-state index in [4.69, 9.17) is 31.9 Å². The zero-order valence-electron chi connectivity index (χ0n) is 17.2. The number of nitrogens with zero attached hydrogens (tertiary/aromatic N) is 4. The fourth-order valence-corrected chi connectivity index (χ4v) is 3.21. The Labute approximate surface area is 190 Å². The van der Waals surface area contributed by atoms with Crippen LogP contribution in [0.25, 0.3) is 11.6 Å². The first-order chi connectivity index (χ1) is 15.5. The summed E-state index contributed by atoms with van der Waals surface area (Å²) < 4.78 is 12.6. The molecule has 0 spiro atoms. The van der Waals surface area contributed by atoms with Gasteiger partial charge in [-0.2, -0.15) is 15.6 Å². The van der Waals surface area contributed by atoms with Crippen molar-refractivity contribution in [2.75, 3.05) is 19.5 Å². The van der Waals surface area contributed by atoms with Gasteiger partial charge in [-0.1, -0.05) is 35.9 Å². The number of aliphatic hydroxyl groups is 1. The number of aromatic nitrogens is 2. The molecule has 0 unspecified atom stereocenters. The molecule has 162 valence electrons. The molecule has 0 amide bonds. The highest BCUT2D eigenvalue weighted by Crippen LogP contribution is 2.32. The third-order valence-corrected chi connectivity index (χ3v) is 5.00. The van der Waals surface area contributed by atoms with Crippen LogP contribution in [-0.4, -0.2) is 28.6 Å². The summed E-state index contributed by atoms with van der Waals surface area (Å²) in [7, 11) is 1.52. The minimum absolute atomic E-state index is 0.0814. The van der Waals surface area contributed by atoms with Crippen LogP contribution >= 0.6 is 11.6 Å². The predicted octanol–water partition coefficient (Wildman–Crippen LogP) is 3.63. The summed E-state index contributed by atoms with van der Waals surface area (Å²) in [6.07, 6.45) is 1.58. The highest BCUT2D eigenvalue weighted by Gasteiger charge is 2.19. The fraction of sp³-hybridized carbons (Fsp3) is 0.174. The third-order valence-electron chi connectivity index (χ3n) is 4.63. The van der Waals surface area contributed by atoms with Crippen LogP contribution in [0.2, 0.25) is 5.02 Å². The Balaban J connectivity index is 1.91. The molecule has 1 aromatic heterocycles. The summed E-state index contributed by atoms with van der Waals surface area (Å²) in [6.45, 7) is 0.181. The van der Waals surface area contributed by atoms with Crippen LogP contribution in [0.15, 0.2) is 42.5 Å². The van der Waals surface area contributed by atoms with E-state index in [9.17, 15) is 10.5 Å². The topological polar surface area (TPSA) is 130 Å². The molecule has 0 saturated heterocycles. The molecule has 1 heterocycles. The molecule has 0 aliphatic heterocycles. The van der Waals surface area contributed by atoms with Crippen LogP contribution in [-0.2, 0) is 13.2 Å². The first-order valence-corrected chi connectivity index (χ1v) is 9.93. The molecule has 0 aliphatic carbocycles. The molecule has 0 aliphatic rings. The number of hydrogen-bond donors (Lipinski definition) is 2. The van der Waals surface area contributed by atoms with E-state index in [1.54, 1.807) is 30.3 Å². The average Bonchev–Trinajstić information content (AvgIpc) is 3.12. The van der Waals surface area contributed by atoms with Gasteiger partial charge in [-0.25, -0.2) is 4.68 Å². The van der Waals surface area contributed by atoms with Gasteiger partial charge in [0, 0.05) is 10.6 Å². The molecule has 0 radical (unpaired) electrons. The lowest BCUT2D eigenvalue weighted by Crippen LogP contribution is -2.07. The molecule has 32 heavy (non-hydrogen) atoms. The second kappa shape index (κ2) is 10.4. The highest BCUT2D eigenvalue weighted by atomic mass is 35.5. The van der Waals surface area contributed by atoms with Gasteiger partial charge in [-0.15, -0.1) is 0 Å². The van der Waals surface area contributed by atoms with Crippen molar-refractivity contribution >= 4 is 29.1 Å². The van der Waals surface area contributed by atoms with Crippen LogP contribution in [0, 0.1) is 22.7 Å². The molecule has 8 nitrogen and oxygen atoms in total. The molecule has 9 heteroatoms. The first-order valence-electron chi connectivity index (χ1n) is 9.56. The number of nitriles is 2. The largest absolute Gasteiger partial charge is 0.493 e. The number of nitrogens with two attached hydrogens (primary N) is 1. The van der Waals surface area contributed by atoms with Gasteiger partial charge in [-0.3, -0.25) is 0 Å². The summed E-state index contributed by atoms with van der Waals surface area (Å²) in [5.74, 6) is 1.07. The number of allylic oxidation sites excluding steroid dienone is 1. The second-order valence-electron chi connectivity index (χ2n) is 6.63. The van der Waals surface area contributed by atoms with Gasteiger partial charge < -0.3 is 20.3 Å². The second-order valence-corrected chi connectivity index (χ2v) is 7.03. The van der Waals surface area contributed by atoms with Crippen molar-refractivity contribution in [1.82, 2.24) is 9.78 Å². The summed E-state index contributed by atoms with van der Waals surface area (Å²) >= 11 is 6.18. The van der Waals surface area contributed by atoms with Gasteiger partial charge >= 0.3 is 0 Å². The van der Waals surface area contributed by atoms with Gasteiger partial charge in [0.2, 0.25) is 0 Å². The molecule has 3 aromatic rings. The number of rotatable bonds is 8. The van der Waals surface area contributed by atoms with E-state index in [-0.39, 0.29) is 42.4 Å². The zero-order chi connectivity index (χ0) is 23.1. The first kappa shape index (κ1) is 22.7. The van der Waals surface area contributed by atoms with Crippen molar-refractivity contribution in [3.05, 3.63) is 69.9 Å². The van der Waals surface area contributed by atoms with E-state index in [0.717, 1.165) is 5.56 Å². The van der Waals surface area contributed by atoms with Gasteiger partial charge in [0.25, 0.3) is 0 Å². The standard InChI is InChI=1S/C23H20ClN5O3/c1-31-21-11-15(6-7-20(21)32-14-16-4-2-3-5-19(16)24)10-17(12-25)22-18(13-26)23(27)29(28-22)8-9-30/h2-7,10-11,30H,8-9,14,27H2,1H3. The molecule has 0 fully saturated rings. The monoisotopic (exact) mass is 449 g/mol. The van der Waals surface area contributed by atoms with E-state index < -0.39 is 0 Å². The van der Waals surface area contributed by atoms with Crippen LogP contribution in [0.4, 0.5) is 5.82 Å². The minimum atomic E-state index is -0.200. The lowest BCUT2D eigenvalue weighted by atomic mass is 10.1. The number of benzene rings is 2. The Kier molecular flexibility index (Phi) is 7.35. The molecule has 0 saturated carbocycles. The number of ether oxygens (including phenoxy) is 2. The average molecular weight is 450 g/mol. The lowest BCUT2D eigenvalue weighted by Gasteiger charge is -2.12. The van der Waals surface area contributed by atoms with Crippen LogP contribution in [0.1, 0.15) is 22.4 Å². The predicted molar refractivity (Wildman–Crippen MR) is 121 cm³/mol. The fourth-order valence-electron chi connectivity index (χ4n) is 3.02. The SMILES string of the molecule is COc1cc(C=C(C#N)c2nn(CCO)c(N)c2C#N)ccc1OCc1ccccc1Cl. The van der Waals surface area contributed by atoms with Crippen molar-refractivity contribution in [2.24, 2.45) is 0 Å². The number of anilines is 1. The quantitative estimate of drug-likeness (QED) is 0.502. The smallest absolute Gasteiger partial charge is 0.161 e. The number of nitrogen functional groups attached to an aromatic ring is 1. The van der Waals surface area contributed by atoms with Gasteiger partial charge in [0.05, 0.1) is 25.8 Å². The highest BCUT2D eigenvalue weighted by molar-refractivity contribution is 6.31. The van der Waals surface area contributed by atoms with Gasteiger partial charge in [0.15, 0.2) is 11.5 Å². The summed E-state index contributed by atoms with van der Waals surface area (Å²) in [5.41, 5.74) is 7.79. The minimum Gasteiger partial charge on any atom is -0.493 e. The van der Waals surface area contributed by atoms with Crippen molar-refractivity contribution in [3.63, 3.8) is 0 Å². The van der Waals surface area contributed by atoms with Crippen LogP contribution in [0.5, 0.6) is 11.5 Å². The number of methoxy groups -OCH3 is 1. The third kappa shape index (κ3) is 4.84. The van der Waals surface area contributed by atoms with Crippen molar-refractivity contribution in [3.8, 4) is 23.6 Å². The number of aliphatic hydroxyl groups excluding tert-OH is 1. The number of hydrogen-bond acceptors (Lipinski definition) is 7. The van der Waals surface area contributed by atoms with E-state index in [2.05, 4.69) is 11.2 Å². The molecule has 3 rings (SSSR count). The summed E-state index contributed by atoms with van der Waals surface area (Å²) in [5, 5.41) is 33.1. The Morgan fingerprint density at radius 1 is 1.25 bits per heavy atom. The molecule has 3 N–H and O–H groups in total. The molecule has 0 atom stereocenters. The maximum Gasteiger partial charge on any atom is 0.161 e. The zero-order valence-corrected chi connectivity index (χ0v) is 18.0.